The average Bonchev–Trinajstić information content (AvgIpc) is 2.45. The van der Waals surface area contributed by atoms with E-state index in [-0.39, 0.29) is 36.6 Å². The molecule has 0 aliphatic rings. The smallest absolute Gasteiger partial charge is 0.191 e. The molecule has 7 heteroatoms. The van der Waals surface area contributed by atoms with Crippen LogP contribution in [0.3, 0.4) is 0 Å². The zero-order valence-electron chi connectivity index (χ0n) is 12.5. The number of hydrogen-bond donors (Lipinski definition) is 3. The van der Waals surface area contributed by atoms with Crippen molar-refractivity contribution in [3.05, 3.63) is 35.1 Å². The number of rotatable bonds is 6. The van der Waals surface area contributed by atoms with Gasteiger partial charge in [0.15, 0.2) is 5.96 Å². The van der Waals surface area contributed by atoms with Crippen molar-refractivity contribution < 1.29 is 14.2 Å². The van der Waals surface area contributed by atoms with Gasteiger partial charge in [-0.05, 0) is 24.6 Å². The van der Waals surface area contributed by atoms with Crippen molar-refractivity contribution in [3.8, 4) is 0 Å². The fourth-order valence-corrected chi connectivity index (χ4v) is 1.76. The van der Waals surface area contributed by atoms with Crippen LogP contribution in [0.4, 0.5) is 4.39 Å². The molecule has 1 aromatic rings. The molecule has 21 heavy (non-hydrogen) atoms. The normalized spacial score (nSPS) is 12.5. The molecule has 0 spiro atoms. The Morgan fingerprint density at radius 3 is 2.76 bits per heavy atom. The number of hydrogen-bond acceptors (Lipinski definition) is 3. The number of methoxy groups -OCH3 is 1. The van der Waals surface area contributed by atoms with Gasteiger partial charge in [-0.25, -0.2) is 4.39 Å². The lowest BCUT2D eigenvalue weighted by Gasteiger charge is -2.17. The molecule has 0 aliphatic heterocycles. The van der Waals surface area contributed by atoms with Gasteiger partial charge in [0.1, 0.15) is 5.82 Å². The van der Waals surface area contributed by atoms with Crippen LogP contribution in [-0.4, -0.2) is 37.9 Å². The van der Waals surface area contributed by atoms with E-state index in [1.807, 2.05) is 6.92 Å². The maximum absolute atomic E-state index is 13.3. The molecule has 5 nitrogen and oxygen atoms in total. The molecule has 0 bridgehead atoms. The molecule has 3 N–H and O–H groups in total. The van der Waals surface area contributed by atoms with Crippen LogP contribution >= 0.6 is 24.0 Å². The molecule has 0 aliphatic carbocycles. The first-order valence-corrected chi connectivity index (χ1v) is 6.45. The summed E-state index contributed by atoms with van der Waals surface area (Å²) in [5.41, 5.74) is 1.16. The van der Waals surface area contributed by atoms with Crippen LogP contribution in [-0.2, 0) is 17.9 Å². The minimum absolute atomic E-state index is 0. The quantitative estimate of drug-likeness (QED) is 0.378. The molecular weight excluding hydrogens is 388 g/mol. The maximum atomic E-state index is 13.3. The summed E-state index contributed by atoms with van der Waals surface area (Å²) in [6, 6.07) is 4.79. The fraction of sp³-hybridized carbons (Fsp3) is 0.500. The Balaban J connectivity index is 0.00000400. The largest absolute Gasteiger partial charge is 0.392 e. The van der Waals surface area contributed by atoms with E-state index in [1.54, 1.807) is 26.3 Å². The number of guanidine groups is 1. The van der Waals surface area contributed by atoms with Crippen molar-refractivity contribution in [1.82, 2.24) is 10.6 Å². The summed E-state index contributed by atoms with van der Waals surface area (Å²) in [6.45, 7) is 2.74. The Bertz CT molecular complexity index is 458. The lowest BCUT2D eigenvalue weighted by atomic mass is 10.1. The fourth-order valence-electron chi connectivity index (χ4n) is 1.76. The van der Waals surface area contributed by atoms with Gasteiger partial charge in [-0.1, -0.05) is 6.07 Å². The highest BCUT2D eigenvalue weighted by Crippen LogP contribution is 2.10. The summed E-state index contributed by atoms with van der Waals surface area (Å²) in [5.74, 6) is 0.247. The second kappa shape index (κ2) is 10.7. The Labute approximate surface area is 142 Å². The molecule has 1 atom stereocenters. The van der Waals surface area contributed by atoms with Gasteiger partial charge in [-0.15, -0.1) is 24.0 Å². The Morgan fingerprint density at radius 2 is 2.19 bits per heavy atom. The highest BCUT2D eigenvalue weighted by molar-refractivity contribution is 14.0. The molecule has 1 aromatic carbocycles. The van der Waals surface area contributed by atoms with Crippen molar-refractivity contribution in [3.63, 3.8) is 0 Å². The Kier molecular flexibility index (Phi) is 10.3. The average molecular weight is 411 g/mol. The number of ether oxygens (including phenoxy) is 1. The van der Waals surface area contributed by atoms with Gasteiger partial charge >= 0.3 is 0 Å². The first-order chi connectivity index (χ1) is 9.60. The van der Waals surface area contributed by atoms with Gasteiger partial charge in [0.25, 0.3) is 0 Å². The van der Waals surface area contributed by atoms with Crippen LogP contribution in [0, 0.1) is 5.82 Å². The second-order valence-electron chi connectivity index (χ2n) is 4.51. The lowest BCUT2D eigenvalue weighted by molar-refractivity contribution is 0.179. The molecule has 1 unspecified atom stereocenters. The number of halogens is 2. The first kappa shape index (κ1) is 20.1. The lowest BCUT2D eigenvalue weighted by Crippen LogP contribution is -2.43. The molecule has 0 saturated heterocycles. The van der Waals surface area contributed by atoms with E-state index in [4.69, 9.17) is 9.84 Å². The SMILES string of the molecule is CN=C(NCc1ccc(F)c(CO)c1)NC(C)COC.I. The number of aliphatic hydroxyl groups is 1. The van der Waals surface area contributed by atoms with E-state index in [0.29, 0.717) is 24.7 Å². The van der Waals surface area contributed by atoms with Crippen LogP contribution in [0.5, 0.6) is 0 Å². The predicted molar refractivity (Wildman–Crippen MR) is 92.4 cm³/mol. The minimum atomic E-state index is -0.396. The van der Waals surface area contributed by atoms with E-state index >= 15 is 0 Å². The van der Waals surface area contributed by atoms with Gasteiger partial charge in [0, 0.05) is 32.3 Å². The van der Waals surface area contributed by atoms with Crippen LogP contribution < -0.4 is 10.6 Å². The van der Waals surface area contributed by atoms with Gasteiger partial charge in [-0.3, -0.25) is 4.99 Å². The monoisotopic (exact) mass is 411 g/mol. The van der Waals surface area contributed by atoms with Gasteiger partial charge in [-0.2, -0.15) is 0 Å². The first-order valence-electron chi connectivity index (χ1n) is 6.45. The van der Waals surface area contributed by atoms with Crippen molar-refractivity contribution >= 4 is 29.9 Å². The highest BCUT2D eigenvalue weighted by Gasteiger charge is 2.06. The molecule has 1 rings (SSSR count). The minimum Gasteiger partial charge on any atom is -0.392 e. The summed E-state index contributed by atoms with van der Waals surface area (Å²) in [7, 11) is 3.32. The second-order valence-corrected chi connectivity index (χ2v) is 4.51. The van der Waals surface area contributed by atoms with E-state index in [0.717, 1.165) is 5.56 Å². The molecule has 0 saturated carbocycles. The van der Waals surface area contributed by atoms with E-state index < -0.39 is 5.82 Å². The summed E-state index contributed by atoms with van der Waals surface area (Å²) >= 11 is 0. The standard InChI is InChI=1S/C14H22FN3O2.HI/c1-10(9-20-3)18-14(16-2)17-7-11-4-5-13(15)12(6-11)8-19;/h4-6,10,19H,7-9H2,1-3H3,(H2,16,17,18);1H. The van der Waals surface area contributed by atoms with E-state index in [2.05, 4.69) is 15.6 Å². The number of aliphatic imine (C=N–C) groups is 1. The van der Waals surface area contributed by atoms with Crippen LogP contribution in [0.15, 0.2) is 23.2 Å². The summed E-state index contributed by atoms with van der Waals surface area (Å²) in [4.78, 5) is 4.10. The van der Waals surface area contributed by atoms with Crippen LogP contribution in [0.2, 0.25) is 0 Å². The van der Waals surface area contributed by atoms with Crippen molar-refractivity contribution in [2.24, 2.45) is 4.99 Å². The molecule has 0 aromatic heterocycles. The summed E-state index contributed by atoms with van der Waals surface area (Å²) < 4.78 is 18.3. The third-order valence-electron chi connectivity index (χ3n) is 2.76. The van der Waals surface area contributed by atoms with Gasteiger partial charge in [0.2, 0.25) is 0 Å². The topological polar surface area (TPSA) is 65.9 Å². The molecule has 120 valence electrons. The van der Waals surface area contributed by atoms with E-state index in [9.17, 15) is 4.39 Å². The maximum Gasteiger partial charge on any atom is 0.191 e. The molecule has 0 fully saturated rings. The molecule has 0 heterocycles. The van der Waals surface area contributed by atoms with Gasteiger partial charge in [0.05, 0.1) is 13.2 Å². The van der Waals surface area contributed by atoms with E-state index in [1.165, 1.54) is 6.07 Å². The van der Waals surface area contributed by atoms with Crippen LogP contribution in [0.25, 0.3) is 0 Å². The van der Waals surface area contributed by atoms with Gasteiger partial charge < -0.3 is 20.5 Å². The highest BCUT2D eigenvalue weighted by atomic mass is 127. The zero-order chi connectivity index (χ0) is 15.0. The molecule has 0 amide bonds. The Hall–Kier alpha value is -0.930. The zero-order valence-corrected chi connectivity index (χ0v) is 14.8. The van der Waals surface area contributed by atoms with Crippen LogP contribution in [0.1, 0.15) is 18.1 Å². The third kappa shape index (κ3) is 7.05. The van der Waals surface area contributed by atoms with Crippen molar-refractivity contribution in [2.75, 3.05) is 20.8 Å². The molecule has 0 radical (unpaired) electrons. The predicted octanol–water partition coefficient (Wildman–Crippen LogP) is 1.64. The number of nitrogens with zero attached hydrogens (tertiary/aromatic N) is 1. The Morgan fingerprint density at radius 1 is 1.48 bits per heavy atom. The summed E-state index contributed by atoms with van der Waals surface area (Å²) in [5, 5.41) is 15.3. The van der Waals surface area contributed by atoms with Crippen molar-refractivity contribution in [2.45, 2.75) is 26.1 Å². The third-order valence-corrected chi connectivity index (χ3v) is 2.76. The number of nitrogens with one attached hydrogen (secondary N) is 2. The summed E-state index contributed by atoms with van der Waals surface area (Å²) in [6.07, 6.45) is 0. The number of aliphatic hydroxyl groups excluding tert-OH is 1. The van der Waals surface area contributed by atoms with Crippen molar-refractivity contribution in [1.29, 1.82) is 0 Å². The number of benzene rings is 1. The molecular formula is C14H23FIN3O2.